The second kappa shape index (κ2) is 9.17. The van der Waals surface area contributed by atoms with E-state index >= 15 is 0 Å². The zero-order chi connectivity index (χ0) is 26.0. The van der Waals surface area contributed by atoms with E-state index in [4.69, 9.17) is 15.5 Å². The first-order valence-corrected chi connectivity index (χ1v) is 14.1. The summed E-state index contributed by atoms with van der Waals surface area (Å²) in [7, 11) is 3.90. The highest BCUT2D eigenvalue weighted by atomic mass is 79.9. The number of nitrogens with one attached hydrogen (secondary N) is 1. The van der Waals surface area contributed by atoms with Crippen LogP contribution in [0.1, 0.15) is 18.9 Å². The molecular weight excluding hydrogens is 542 g/mol. The maximum absolute atomic E-state index is 6.60. The van der Waals surface area contributed by atoms with Crippen molar-refractivity contribution in [1.82, 2.24) is 19.4 Å². The van der Waals surface area contributed by atoms with Crippen LogP contribution in [0.15, 0.2) is 53.3 Å². The van der Waals surface area contributed by atoms with Gasteiger partial charge in [-0.25, -0.2) is 9.97 Å². The number of methoxy groups -OCH3 is 1. The van der Waals surface area contributed by atoms with Gasteiger partial charge >= 0.3 is 0 Å². The molecular formula is C29H32BrN7O. The Balaban J connectivity index is 1.20. The van der Waals surface area contributed by atoms with Crippen molar-refractivity contribution in [1.29, 1.82) is 0 Å². The van der Waals surface area contributed by atoms with Gasteiger partial charge in [0.2, 0.25) is 5.95 Å². The van der Waals surface area contributed by atoms with E-state index in [9.17, 15) is 0 Å². The highest BCUT2D eigenvalue weighted by molar-refractivity contribution is 9.10. The highest BCUT2D eigenvalue weighted by Gasteiger charge is 2.39. The lowest BCUT2D eigenvalue weighted by Gasteiger charge is -2.24. The Kier molecular flexibility index (Phi) is 5.74. The molecule has 3 aliphatic rings. The van der Waals surface area contributed by atoms with Gasteiger partial charge in [0, 0.05) is 67.1 Å². The topological polar surface area (TPSA) is 84.5 Å². The first-order chi connectivity index (χ1) is 18.5. The molecule has 0 spiro atoms. The minimum Gasteiger partial charge on any atom is -0.494 e. The summed E-state index contributed by atoms with van der Waals surface area (Å²) in [6.45, 7) is 4.37. The van der Waals surface area contributed by atoms with E-state index in [1.807, 2.05) is 12.1 Å². The van der Waals surface area contributed by atoms with Crippen molar-refractivity contribution in [3.63, 3.8) is 0 Å². The summed E-state index contributed by atoms with van der Waals surface area (Å²) < 4.78 is 9.04. The minimum absolute atomic E-state index is 0.496. The van der Waals surface area contributed by atoms with Crippen molar-refractivity contribution in [3.05, 3.63) is 53.3 Å². The number of fused-ring (bicyclic) bond motifs is 2. The van der Waals surface area contributed by atoms with Gasteiger partial charge in [0.15, 0.2) is 0 Å². The Bertz CT molecular complexity index is 1520. The van der Waals surface area contributed by atoms with Crippen molar-refractivity contribution in [2.45, 2.75) is 18.9 Å². The van der Waals surface area contributed by atoms with Gasteiger partial charge in [-0.2, -0.15) is 0 Å². The number of ether oxygens (including phenoxy) is 1. The second-order valence-corrected chi connectivity index (χ2v) is 11.8. The third-order valence-corrected chi connectivity index (χ3v) is 8.87. The van der Waals surface area contributed by atoms with Crippen LogP contribution in [0.5, 0.6) is 5.75 Å². The molecule has 2 aliphatic heterocycles. The predicted octanol–water partition coefficient (Wildman–Crippen LogP) is 5.53. The first-order valence-electron chi connectivity index (χ1n) is 13.3. The average molecular weight is 575 g/mol. The Morgan fingerprint density at radius 2 is 1.84 bits per heavy atom. The summed E-state index contributed by atoms with van der Waals surface area (Å²) in [6.07, 6.45) is 6.49. The molecule has 0 radical (unpaired) electrons. The van der Waals surface area contributed by atoms with Crippen molar-refractivity contribution in [2.75, 3.05) is 56.3 Å². The predicted molar refractivity (Wildman–Crippen MR) is 156 cm³/mol. The van der Waals surface area contributed by atoms with Crippen LogP contribution in [-0.4, -0.2) is 59.8 Å². The first kappa shape index (κ1) is 23.8. The lowest BCUT2D eigenvalue weighted by Crippen LogP contribution is -2.27. The summed E-state index contributed by atoms with van der Waals surface area (Å²) in [4.78, 5) is 14.3. The molecule has 1 saturated carbocycles. The summed E-state index contributed by atoms with van der Waals surface area (Å²) in [5.74, 6) is 2.62. The van der Waals surface area contributed by atoms with Crippen LogP contribution in [0.2, 0.25) is 0 Å². The molecule has 3 fully saturated rings. The molecule has 9 heteroatoms. The Morgan fingerprint density at radius 1 is 1.08 bits per heavy atom. The Labute approximate surface area is 230 Å². The van der Waals surface area contributed by atoms with Crippen molar-refractivity contribution in [2.24, 2.45) is 11.8 Å². The molecule has 0 bridgehead atoms. The van der Waals surface area contributed by atoms with E-state index in [1.54, 1.807) is 13.3 Å². The number of nitrogens with zero attached hydrogens (tertiary/aromatic N) is 5. The fourth-order valence-electron chi connectivity index (χ4n) is 6.34. The average Bonchev–Trinajstić information content (AvgIpc) is 3.44. The van der Waals surface area contributed by atoms with Crippen molar-refractivity contribution >= 4 is 49.8 Å². The molecule has 8 nitrogen and oxygen atoms in total. The van der Waals surface area contributed by atoms with Crippen LogP contribution in [0.25, 0.3) is 22.2 Å². The highest BCUT2D eigenvalue weighted by Crippen LogP contribution is 2.43. The summed E-state index contributed by atoms with van der Waals surface area (Å²) in [5.41, 5.74) is 12.3. The molecule has 0 amide bonds. The number of nitrogens with two attached hydrogens (primary N) is 1. The number of likely N-dealkylation sites (tertiary alicyclic amines) is 1. The molecule has 4 aromatic rings. The Hall–Kier alpha value is -3.30. The quantitative estimate of drug-likeness (QED) is 0.293. The van der Waals surface area contributed by atoms with E-state index in [-0.39, 0.29) is 0 Å². The van der Waals surface area contributed by atoms with Gasteiger partial charge in [0.1, 0.15) is 5.75 Å². The van der Waals surface area contributed by atoms with Crippen LogP contribution >= 0.6 is 15.9 Å². The van der Waals surface area contributed by atoms with Crippen LogP contribution in [-0.2, 0) is 0 Å². The van der Waals surface area contributed by atoms with Crippen LogP contribution in [0.4, 0.5) is 23.0 Å². The van der Waals surface area contributed by atoms with Gasteiger partial charge in [-0.15, -0.1) is 0 Å². The lowest BCUT2D eigenvalue weighted by atomic mass is 10.0. The van der Waals surface area contributed by atoms with E-state index in [0.717, 1.165) is 64.7 Å². The number of halogens is 1. The van der Waals surface area contributed by atoms with E-state index < -0.39 is 0 Å². The number of hydrogen-bond acceptors (Lipinski definition) is 7. The summed E-state index contributed by atoms with van der Waals surface area (Å²) in [6, 6.07) is 13.1. The zero-order valence-electron chi connectivity index (χ0n) is 21.7. The normalized spacial score (nSPS) is 21.3. The standard InChI is InChI=1S/C29H32BrN7O/c1-35-12-17-14-36(15-18(17)13-35)26-10-27(38-2)24(9-23(26)31)33-29-32-11-22(30)28(34-29)21-16-37(19-7-8-19)25-6-4-3-5-20(21)25/h3-6,9-11,16-19H,7-8,12-15,31H2,1-2H3,(H,32,33,34)/t17-,18?/m1/s1. The third kappa shape index (κ3) is 4.08. The van der Waals surface area contributed by atoms with E-state index in [1.165, 1.54) is 23.7 Å². The van der Waals surface area contributed by atoms with Gasteiger partial charge in [-0.3, -0.25) is 0 Å². The largest absolute Gasteiger partial charge is 0.494 e. The number of hydrogen-bond donors (Lipinski definition) is 2. The fraction of sp³-hybridized carbons (Fsp3) is 0.379. The smallest absolute Gasteiger partial charge is 0.227 e. The lowest BCUT2D eigenvalue weighted by molar-refractivity contribution is 0.387. The van der Waals surface area contributed by atoms with Gasteiger partial charge in [0.25, 0.3) is 0 Å². The Morgan fingerprint density at radius 3 is 2.58 bits per heavy atom. The maximum Gasteiger partial charge on any atom is 0.227 e. The number of benzene rings is 2. The number of rotatable bonds is 6. The van der Waals surface area contributed by atoms with Gasteiger partial charge in [0.05, 0.1) is 34.3 Å². The van der Waals surface area contributed by atoms with Gasteiger partial charge < -0.3 is 30.2 Å². The van der Waals surface area contributed by atoms with Crippen LogP contribution in [0.3, 0.4) is 0 Å². The molecule has 2 aromatic heterocycles. The molecule has 2 saturated heterocycles. The van der Waals surface area contributed by atoms with Crippen LogP contribution in [0, 0.1) is 11.8 Å². The zero-order valence-corrected chi connectivity index (χ0v) is 23.3. The molecule has 2 atom stereocenters. The number of nitrogen functional groups attached to an aromatic ring is 1. The fourth-order valence-corrected chi connectivity index (χ4v) is 6.74. The SMILES string of the molecule is COc1cc(N2CC3CN(C)C[C@@H]3C2)c(N)cc1Nc1ncc(Br)c(-c2cn(C3CC3)c3ccccc23)n1. The van der Waals surface area contributed by atoms with Crippen LogP contribution < -0.4 is 20.7 Å². The van der Waals surface area contributed by atoms with Crippen molar-refractivity contribution in [3.8, 4) is 17.0 Å². The van der Waals surface area contributed by atoms with Crippen molar-refractivity contribution < 1.29 is 4.74 Å². The molecule has 1 unspecified atom stereocenters. The number of anilines is 4. The molecule has 38 heavy (non-hydrogen) atoms. The minimum atomic E-state index is 0.496. The molecule has 7 rings (SSSR count). The second-order valence-electron chi connectivity index (χ2n) is 11.0. The number of aromatic nitrogens is 3. The third-order valence-electron chi connectivity index (χ3n) is 8.28. The summed E-state index contributed by atoms with van der Waals surface area (Å²) >= 11 is 3.70. The molecule has 2 aromatic carbocycles. The maximum atomic E-state index is 6.60. The van der Waals surface area contributed by atoms with Gasteiger partial charge in [-0.05, 0) is 59.8 Å². The molecule has 4 heterocycles. The van der Waals surface area contributed by atoms with E-state index in [0.29, 0.717) is 23.8 Å². The monoisotopic (exact) mass is 573 g/mol. The molecule has 1 aliphatic carbocycles. The summed E-state index contributed by atoms with van der Waals surface area (Å²) in [5, 5.41) is 4.57. The van der Waals surface area contributed by atoms with Gasteiger partial charge in [-0.1, -0.05) is 18.2 Å². The molecule has 3 N–H and O–H groups in total. The number of para-hydroxylation sites is 1. The molecule has 196 valence electrons. The van der Waals surface area contributed by atoms with E-state index in [2.05, 4.69) is 78.1 Å².